The summed E-state index contributed by atoms with van der Waals surface area (Å²) in [6.07, 6.45) is 14.2. The normalized spacial score (nSPS) is 16.3. The van der Waals surface area contributed by atoms with Gasteiger partial charge in [0, 0.05) is 0 Å². The van der Waals surface area contributed by atoms with Crippen molar-refractivity contribution in [3.63, 3.8) is 0 Å². The van der Waals surface area contributed by atoms with E-state index in [0.29, 0.717) is 0 Å². The molecule has 0 nitrogen and oxygen atoms in total. The zero-order valence-electron chi connectivity index (χ0n) is 9.62. The predicted octanol–water partition coefficient (Wildman–Crippen LogP) is 2.93. The third kappa shape index (κ3) is 1.86. The second-order valence-corrected chi connectivity index (χ2v) is 4.50. The van der Waals surface area contributed by atoms with Crippen LogP contribution >= 0.6 is 24.0 Å². The highest BCUT2D eigenvalue weighted by Gasteiger charge is 2.09. The molecule has 0 aromatic heterocycles. The van der Waals surface area contributed by atoms with E-state index in [4.69, 9.17) is 0 Å². The molecule has 16 heavy (non-hydrogen) atoms. The molecule has 0 spiro atoms. The van der Waals surface area contributed by atoms with Crippen LogP contribution in [0.25, 0.3) is 18.2 Å². The van der Waals surface area contributed by atoms with E-state index >= 15 is 0 Å². The second-order valence-electron chi connectivity index (χ2n) is 4.50. The van der Waals surface area contributed by atoms with Crippen molar-refractivity contribution in [1.82, 2.24) is 0 Å². The Labute approximate surface area is 114 Å². The van der Waals surface area contributed by atoms with Gasteiger partial charge in [0.1, 0.15) is 0 Å². The monoisotopic (exact) mass is 324 g/mol. The molecular weight excluding hydrogens is 307 g/mol. The van der Waals surface area contributed by atoms with Crippen LogP contribution in [0.5, 0.6) is 0 Å². The van der Waals surface area contributed by atoms with Gasteiger partial charge in [-0.1, -0.05) is 30.4 Å². The Balaban J connectivity index is 0.000000963. The van der Waals surface area contributed by atoms with Gasteiger partial charge in [-0.2, -0.15) is 0 Å². The molecule has 0 bridgehead atoms. The first-order valence-electron chi connectivity index (χ1n) is 5.86. The van der Waals surface area contributed by atoms with Gasteiger partial charge in [-0.3, -0.25) is 0 Å². The maximum Gasteiger partial charge on any atom is -0.0192 e. The van der Waals surface area contributed by atoms with Gasteiger partial charge < -0.3 is 0 Å². The highest BCUT2D eigenvalue weighted by molar-refractivity contribution is 14.0. The Morgan fingerprint density at radius 1 is 1.06 bits per heavy atom. The number of benzene rings is 1. The van der Waals surface area contributed by atoms with Gasteiger partial charge in [0.15, 0.2) is 0 Å². The van der Waals surface area contributed by atoms with E-state index in [2.05, 4.69) is 37.3 Å². The molecule has 1 aromatic rings. The van der Waals surface area contributed by atoms with Crippen molar-refractivity contribution in [3.05, 3.63) is 39.3 Å². The van der Waals surface area contributed by atoms with Crippen LogP contribution in [0.15, 0.2) is 12.1 Å². The SMILES string of the molecule is Cc1c2c(cc3c1=CCCC=3)CCC=C2.I. The number of rotatable bonds is 0. The molecule has 2 aliphatic rings. The fourth-order valence-corrected chi connectivity index (χ4v) is 2.73. The highest BCUT2D eigenvalue weighted by Crippen LogP contribution is 2.19. The maximum absolute atomic E-state index is 2.40. The van der Waals surface area contributed by atoms with Crippen molar-refractivity contribution in [2.75, 3.05) is 0 Å². The Morgan fingerprint density at radius 2 is 1.88 bits per heavy atom. The first-order valence-corrected chi connectivity index (χ1v) is 5.86. The van der Waals surface area contributed by atoms with Gasteiger partial charge in [-0.15, -0.1) is 24.0 Å². The Kier molecular flexibility index (Phi) is 3.53. The Morgan fingerprint density at radius 3 is 2.75 bits per heavy atom. The summed E-state index contributed by atoms with van der Waals surface area (Å²) in [5.41, 5.74) is 4.50. The second kappa shape index (κ2) is 4.74. The van der Waals surface area contributed by atoms with Gasteiger partial charge in [0.2, 0.25) is 0 Å². The molecule has 0 amide bonds. The van der Waals surface area contributed by atoms with Crippen LogP contribution in [0.4, 0.5) is 0 Å². The molecule has 0 unspecified atom stereocenters. The van der Waals surface area contributed by atoms with Crippen LogP contribution in [-0.2, 0) is 6.42 Å². The minimum absolute atomic E-state index is 0. The fraction of sp³-hybridized carbons (Fsp3) is 0.333. The molecule has 1 heteroatoms. The van der Waals surface area contributed by atoms with Crippen LogP contribution in [0.1, 0.15) is 36.0 Å². The molecule has 0 saturated carbocycles. The molecule has 0 radical (unpaired) electrons. The summed E-state index contributed by atoms with van der Waals surface area (Å²) in [6.45, 7) is 2.27. The van der Waals surface area contributed by atoms with E-state index in [9.17, 15) is 0 Å². The minimum Gasteiger partial charge on any atom is -0.107 e. The molecule has 3 rings (SSSR count). The number of hydrogen-bond acceptors (Lipinski definition) is 0. The molecule has 0 heterocycles. The zero-order chi connectivity index (χ0) is 10.3. The summed E-state index contributed by atoms with van der Waals surface area (Å²) >= 11 is 0. The topological polar surface area (TPSA) is 0 Å². The Bertz CT molecular complexity index is 550. The number of aryl methyl sites for hydroxylation is 1. The summed E-state index contributed by atoms with van der Waals surface area (Å²) in [7, 11) is 0. The van der Waals surface area contributed by atoms with Gasteiger partial charge in [0.05, 0.1) is 0 Å². The molecule has 84 valence electrons. The van der Waals surface area contributed by atoms with Gasteiger partial charge in [-0.05, 0) is 59.7 Å². The molecular formula is C15H17I. The lowest BCUT2D eigenvalue weighted by Gasteiger charge is -2.15. The molecule has 0 aliphatic heterocycles. The summed E-state index contributed by atoms with van der Waals surface area (Å²) in [5, 5.41) is 2.94. The smallest absolute Gasteiger partial charge is 0.0192 e. The fourth-order valence-electron chi connectivity index (χ4n) is 2.73. The van der Waals surface area contributed by atoms with Crippen LogP contribution < -0.4 is 10.4 Å². The summed E-state index contributed by atoms with van der Waals surface area (Å²) < 4.78 is 0. The van der Waals surface area contributed by atoms with Crippen molar-refractivity contribution in [2.24, 2.45) is 0 Å². The number of hydrogen-bond donors (Lipinski definition) is 0. The number of allylic oxidation sites excluding steroid dienone is 1. The maximum atomic E-state index is 2.40. The molecule has 0 fully saturated rings. The van der Waals surface area contributed by atoms with Crippen LogP contribution in [0.2, 0.25) is 0 Å². The van der Waals surface area contributed by atoms with Crippen molar-refractivity contribution < 1.29 is 0 Å². The Hall–Kier alpha value is -0.570. The standard InChI is InChI=1S/C15H16.HI/c1-11-14-8-4-2-6-12(14)10-13-7-3-5-9-15(11)13;/h4,7-10H,2-3,5-6H2,1H3;1H. The van der Waals surface area contributed by atoms with E-state index in [0.717, 1.165) is 0 Å². The molecule has 2 aliphatic carbocycles. The van der Waals surface area contributed by atoms with Gasteiger partial charge in [-0.25, -0.2) is 0 Å². The number of fused-ring (bicyclic) bond motifs is 2. The van der Waals surface area contributed by atoms with E-state index in [-0.39, 0.29) is 24.0 Å². The van der Waals surface area contributed by atoms with E-state index in [1.54, 1.807) is 5.56 Å². The highest BCUT2D eigenvalue weighted by atomic mass is 127. The van der Waals surface area contributed by atoms with E-state index < -0.39 is 0 Å². The van der Waals surface area contributed by atoms with Crippen LogP contribution in [0.3, 0.4) is 0 Å². The summed E-state index contributed by atoms with van der Waals surface area (Å²) in [5.74, 6) is 0. The van der Waals surface area contributed by atoms with Crippen molar-refractivity contribution >= 4 is 42.2 Å². The molecule has 1 aromatic carbocycles. The van der Waals surface area contributed by atoms with Gasteiger partial charge >= 0.3 is 0 Å². The summed E-state index contributed by atoms with van der Waals surface area (Å²) in [4.78, 5) is 0. The van der Waals surface area contributed by atoms with E-state index in [1.165, 1.54) is 47.2 Å². The van der Waals surface area contributed by atoms with Gasteiger partial charge in [0.25, 0.3) is 0 Å². The largest absolute Gasteiger partial charge is 0.107 e. The van der Waals surface area contributed by atoms with Crippen LogP contribution in [-0.4, -0.2) is 0 Å². The minimum atomic E-state index is 0. The zero-order valence-corrected chi connectivity index (χ0v) is 12.0. The van der Waals surface area contributed by atoms with Crippen LogP contribution in [0, 0.1) is 6.92 Å². The number of halogens is 1. The average molecular weight is 324 g/mol. The third-order valence-electron chi connectivity index (χ3n) is 3.54. The van der Waals surface area contributed by atoms with Crippen molar-refractivity contribution in [1.29, 1.82) is 0 Å². The lowest BCUT2D eigenvalue weighted by atomic mass is 9.90. The van der Waals surface area contributed by atoms with Crippen molar-refractivity contribution in [3.8, 4) is 0 Å². The molecule has 0 saturated heterocycles. The lowest BCUT2D eigenvalue weighted by molar-refractivity contribution is 0.971. The first kappa shape index (κ1) is 11.9. The first-order chi connectivity index (χ1) is 7.36. The van der Waals surface area contributed by atoms with E-state index in [1.807, 2.05) is 0 Å². The molecule has 0 N–H and O–H groups in total. The summed E-state index contributed by atoms with van der Waals surface area (Å²) in [6, 6.07) is 2.40. The average Bonchev–Trinajstić information content (AvgIpc) is 2.30. The third-order valence-corrected chi connectivity index (χ3v) is 3.54. The van der Waals surface area contributed by atoms with Crippen molar-refractivity contribution in [2.45, 2.75) is 32.6 Å². The lowest BCUT2D eigenvalue weighted by Crippen LogP contribution is -2.31. The quantitative estimate of drug-likeness (QED) is 0.644. The molecule has 0 atom stereocenters. The predicted molar refractivity (Wildman–Crippen MR) is 81.4 cm³/mol.